The van der Waals surface area contributed by atoms with Gasteiger partial charge in [0.25, 0.3) is 0 Å². The zero-order chi connectivity index (χ0) is 13.7. The van der Waals surface area contributed by atoms with Crippen molar-refractivity contribution in [2.24, 2.45) is 0 Å². The van der Waals surface area contributed by atoms with E-state index in [1.807, 2.05) is 24.3 Å². The van der Waals surface area contributed by atoms with E-state index in [1.54, 1.807) is 11.3 Å². The molecule has 2 rings (SSSR count). The minimum Gasteiger partial charge on any atom is -0.488 e. The maximum Gasteiger partial charge on any atom is 0.122 e. The van der Waals surface area contributed by atoms with Gasteiger partial charge < -0.3 is 10.1 Å². The first kappa shape index (κ1) is 14.9. The van der Waals surface area contributed by atoms with Gasteiger partial charge in [0.05, 0.1) is 4.34 Å². The van der Waals surface area contributed by atoms with Crippen LogP contribution in [-0.2, 0) is 13.2 Å². The van der Waals surface area contributed by atoms with E-state index in [0.29, 0.717) is 6.61 Å². The summed E-state index contributed by atoms with van der Waals surface area (Å²) in [6.07, 6.45) is 0. The van der Waals surface area contributed by atoms with E-state index in [0.717, 1.165) is 32.5 Å². The molecule has 0 fully saturated rings. The molecule has 2 nitrogen and oxygen atoms in total. The van der Waals surface area contributed by atoms with Crippen LogP contribution in [0.1, 0.15) is 17.4 Å². The SMILES string of the molecule is CCNCc1cc(OCc2ccc(Cl)s2)ccc1Br. The Labute approximate surface area is 130 Å². The number of benzene rings is 1. The third-order valence-corrected chi connectivity index (χ3v) is 4.57. The predicted molar refractivity (Wildman–Crippen MR) is 85.2 cm³/mol. The Morgan fingerprint density at radius 1 is 1.32 bits per heavy atom. The fraction of sp³-hybridized carbons (Fsp3) is 0.286. The average molecular weight is 361 g/mol. The minimum atomic E-state index is 0.555. The van der Waals surface area contributed by atoms with Crippen molar-refractivity contribution < 1.29 is 4.74 Å². The summed E-state index contributed by atoms with van der Waals surface area (Å²) in [4.78, 5) is 1.13. The quantitative estimate of drug-likeness (QED) is 0.795. The molecule has 1 aromatic heterocycles. The lowest BCUT2D eigenvalue weighted by Crippen LogP contribution is -2.12. The first-order chi connectivity index (χ1) is 9.19. The molecule has 102 valence electrons. The Balaban J connectivity index is 2.00. The maximum absolute atomic E-state index is 5.89. The largest absolute Gasteiger partial charge is 0.488 e. The first-order valence-corrected chi connectivity index (χ1v) is 8.04. The van der Waals surface area contributed by atoms with Gasteiger partial charge in [-0.25, -0.2) is 0 Å². The van der Waals surface area contributed by atoms with Gasteiger partial charge >= 0.3 is 0 Å². The molecule has 1 aromatic carbocycles. The van der Waals surface area contributed by atoms with Crippen molar-refractivity contribution in [1.82, 2.24) is 5.32 Å². The molecule has 0 aliphatic carbocycles. The van der Waals surface area contributed by atoms with Crippen LogP contribution in [0, 0.1) is 0 Å². The molecule has 0 spiro atoms. The van der Waals surface area contributed by atoms with Crippen LogP contribution >= 0.6 is 38.9 Å². The highest BCUT2D eigenvalue weighted by molar-refractivity contribution is 9.10. The molecule has 0 saturated carbocycles. The zero-order valence-corrected chi connectivity index (χ0v) is 13.7. The van der Waals surface area contributed by atoms with Gasteiger partial charge in [-0.3, -0.25) is 0 Å². The molecule has 2 aromatic rings. The van der Waals surface area contributed by atoms with Crippen LogP contribution in [-0.4, -0.2) is 6.54 Å². The van der Waals surface area contributed by atoms with Gasteiger partial charge in [0.15, 0.2) is 0 Å². The second-order valence-electron chi connectivity index (χ2n) is 4.03. The van der Waals surface area contributed by atoms with Crippen LogP contribution in [0.4, 0.5) is 0 Å². The van der Waals surface area contributed by atoms with Gasteiger partial charge in [-0.05, 0) is 42.4 Å². The van der Waals surface area contributed by atoms with Crippen LogP contribution < -0.4 is 10.1 Å². The Morgan fingerprint density at radius 3 is 2.84 bits per heavy atom. The van der Waals surface area contributed by atoms with Gasteiger partial charge in [-0.15, -0.1) is 11.3 Å². The second kappa shape index (κ2) is 7.29. The first-order valence-electron chi connectivity index (χ1n) is 6.05. The molecule has 0 aliphatic heterocycles. The summed E-state index contributed by atoms with van der Waals surface area (Å²) < 4.78 is 7.68. The third-order valence-electron chi connectivity index (χ3n) is 2.59. The standard InChI is InChI=1S/C14H15BrClNOS/c1-2-17-8-10-7-11(3-5-13(10)15)18-9-12-4-6-14(16)19-12/h3-7,17H,2,8-9H2,1H3. The van der Waals surface area contributed by atoms with Crippen molar-refractivity contribution in [3.63, 3.8) is 0 Å². The highest BCUT2D eigenvalue weighted by Crippen LogP contribution is 2.25. The van der Waals surface area contributed by atoms with E-state index in [2.05, 4.69) is 34.2 Å². The highest BCUT2D eigenvalue weighted by Gasteiger charge is 2.04. The summed E-state index contributed by atoms with van der Waals surface area (Å²) in [5.74, 6) is 0.876. The topological polar surface area (TPSA) is 21.3 Å². The van der Waals surface area contributed by atoms with Crippen LogP contribution in [0.5, 0.6) is 5.75 Å². The van der Waals surface area contributed by atoms with E-state index in [-0.39, 0.29) is 0 Å². The molecular formula is C14H15BrClNOS. The molecule has 1 N–H and O–H groups in total. The Bertz CT molecular complexity index is 544. The summed E-state index contributed by atoms with van der Waals surface area (Å²) in [5.41, 5.74) is 1.20. The average Bonchev–Trinajstić information content (AvgIpc) is 2.82. The molecule has 0 atom stereocenters. The van der Waals surface area contributed by atoms with Crippen LogP contribution in [0.3, 0.4) is 0 Å². The molecule has 5 heteroatoms. The number of thiophene rings is 1. The normalized spacial score (nSPS) is 10.7. The van der Waals surface area contributed by atoms with Crippen molar-refractivity contribution in [2.75, 3.05) is 6.54 Å². The van der Waals surface area contributed by atoms with E-state index < -0.39 is 0 Å². The van der Waals surface area contributed by atoms with E-state index >= 15 is 0 Å². The fourth-order valence-corrected chi connectivity index (χ4v) is 3.01. The second-order valence-corrected chi connectivity index (χ2v) is 6.68. The van der Waals surface area contributed by atoms with Gasteiger partial charge in [0, 0.05) is 15.9 Å². The van der Waals surface area contributed by atoms with Gasteiger partial charge in [-0.1, -0.05) is 34.5 Å². The number of hydrogen-bond donors (Lipinski definition) is 1. The van der Waals surface area contributed by atoms with Crippen molar-refractivity contribution in [3.8, 4) is 5.75 Å². The lowest BCUT2D eigenvalue weighted by molar-refractivity contribution is 0.309. The number of rotatable bonds is 6. The summed E-state index contributed by atoms with van der Waals surface area (Å²) in [6, 6.07) is 9.93. The molecular weight excluding hydrogens is 346 g/mol. The van der Waals surface area contributed by atoms with Crippen molar-refractivity contribution >= 4 is 38.9 Å². The number of hydrogen-bond acceptors (Lipinski definition) is 3. The Kier molecular flexibility index (Phi) is 5.70. The fourth-order valence-electron chi connectivity index (χ4n) is 1.62. The Morgan fingerprint density at radius 2 is 2.16 bits per heavy atom. The summed E-state index contributed by atoms with van der Waals surface area (Å²) in [6.45, 7) is 4.43. The van der Waals surface area contributed by atoms with E-state index in [4.69, 9.17) is 16.3 Å². The van der Waals surface area contributed by atoms with Crippen LogP contribution in [0.15, 0.2) is 34.8 Å². The van der Waals surface area contributed by atoms with Crippen molar-refractivity contribution in [2.45, 2.75) is 20.1 Å². The summed E-state index contributed by atoms with van der Waals surface area (Å²) >= 11 is 11.0. The zero-order valence-electron chi connectivity index (χ0n) is 10.6. The van der Waals surface area contributed by atoms with E-state index in [1.165, 1.54) is 5.56 Å². The number of ether oxygens (including phenoxy) is 1. The summed E-state index contributed by atoms with van der Waals surface area (Å²) in [5, 5.41) is 3.31. The van der Waals surface area contributed by atoms with Gasteiger partial charge in [0.2, 0.25) is 0 Å². The third kappa shape index (κ3) is 4.49. The molecule has 0 radical (unpaired) electrons. The van der Waals surface area contributed by atoms with Crippen molar-refractivity contribution in [3.05, 3.63) is 49.6 Å². The molecule has 0 saturated heterocycles. The molecule has 0 unspecified atom stereocenters. The Hall–Kier alpha value is -0.550. The van der Waals surface area contributed by atoms with E-state index in [9.17, 15) is 0 Å². The lowest BCUT2D eigenvalue weighted by atomic mass is 10.2. The predicted octanol–water partition coefficient (Wildman–Crippen LogP) is 4.85. The number of nitrogens with one attached hydrogen (secondary N) is 1. The molecule has 0 aliphatic rings. The lowest BCUT2D eigenvalue weighted by Gasteiger charge is -2.09. The summed E-state index contributed by atoms with van der Waals surface area (Å²) in [7, 11) is 0. The van der Waals surface area contributed by atoms with Crippen LogP contribution in [0.2, 0.25) is 4.34 Å². The van der Waals surface area contributed by atoms with Crippen LogP contribution in [0.25, 0.3) is 0 Å². The minimum absolute atomic E-state index is 0.555. The molecule has 0 amide bonds. The highest BCUT2D eigenvalue weighted by atomic mass is 79.9. The smallest absolute Gasteiger partial charge is 0.122 e. The van der Waals surface area contributed by atoms with Gasteiger partial charge in [-0.2, -0.15) is 0 Å². The maximum atomic E-state index is 5.89. The van der Waals surface area contributed by atoms with Gasteiger partial charge in [0.1, 0.15) is 12.4 Å². The molecule has 0 bridgehead atoms. The number of halogens is 2. The monoisotopic (exact) mass is 359 g/mol. The molecule has 1 heterocycles. The molecule has 19 heavy (non-hydrogen) atoms. The van der Waals surface area contributed by atoms with Crippen molar-refractivity contribution in [1.29, 1.82) is 0 Å².